The number of carbonyl (C=O) groups excluding carboxylic acids is 2. The van der Waals surface area contributed by atoms with E-state index in [9.17, 15) is 14.4 Å². The number of hydrogen-bond acceptors (Lipinski definition) is 5. The second-order valence-electron chi connectivity index (χ2n) is 5.49. The monoisotopic (exact) mass is 343 g/mol. The van der Waals surface area contributed by atoms with E-state index in [4.69, 9.17) is 0 Å². The summed E-state index contributed by atoms with van der Waals surface area (Å²) in [6, 6.07) is 3.58. The van der Waals surface area contributed by atoms with Crippen LogP contribution in [0.3, 0.4) is 0 Å². The van der Waals surface area contributed by atoms with Gasteiger partial charge in [0, 0.05) is 55.6 Å². The Morgan fingerprint density at radius 1 is 1.24 bits per heavy atom. The van der Waals surface area contributed by atoms with Crippen LogP contribution in [-0.4, -0.2) is 40.4 Å². The molecule has 132 valence electrons. The molecule has 2 heterocycles. The number of hydrogen-bond donors (Lipinski definition) is 3. The summed E-state index contributed by atoms with van der Waals surface area (Å²) in [5, 5.41) is 5.14. The van der Waals surface area contributed by atoms with Crippen molar-refractivity contribution in [2.75, 3.05) is 13.6 Å². The average molecular weight is 343 g/mol. The van der Waals surface area contributed by atoms with E-state index in [1.165, 1.54) is 0 Å². The summed E-state index contributed by atoms with van der Waals surface area (Å²) < 4.78 is 0. The molecule has 2 amide bonds. The molecule has 8 heteroatoms. The van der Waals surface area contributed by atoms with Crippen molar-refractivity contribution in [1.29, 1.82) is 0 Å². The lowest BCUT2D eigenvalue weighted by molar-refractivity contribution is -0.122. The molecule has 0 aliphatic carbocycles. The summed E-state index contributed by atoms with van der Waals surface area (Å²) in [4.78, 5) is 46.3. The molecule has 0 unspecified atom stereocenters. The van der Waals surface area contributed by atoms with Crippen molar-refractivity contribution >= 4 is 11.8 Å². The lowest BCUT2D eigenvalue weighted by atomic mass is 10.1. The molecule has 0 saturated heterocycles. The number of aromatic amines is 1. The fourth-order valence-electron chi connectivity index (χ4n) is 2.31. The van der Waals surface area contributed by atoms with Crippen LogP contribution in [0.1, 0.15) is 24.1 Å². The average Bonchev–Trinajstić information content (AvgIpc) is 2.61. The number of rotatable bonds is 7. The smallest absolute Gasteiger partial charge is 0.254 e. The third kappa shape index (κ3) is 5.23. The van der Waals surface area contributed by atoms with E-state index in [1.807, 2.05) is 6.07 Å². The third-order valence-electron chi connectivity index (χ3n) is 3.71. The van der Waals surface area contributed by atoms with Gasteiger partial charge in [-0.1, -0.05) is 0 Å². The van der Waals surface area contributed by atoms with Crippen LogP contribution in [0.5, 0.6) is 0 Å². The normalized spacial score (nSPS) is 10.3. The van der Waals surface area contributed by atoms with Gasteiger partial charge < -0.3 is 15.6 Å². The van der Waals surface area contributed by atoms with Crippen LogP contribution in [0, 0.1) is 6.92 Å². The first-order valence-corrected chi connectivity index (χ1v) is 7.98. The van der Waals surface area contributed by atoms with Crippen molar-refractivity contribution in [2.24, 2.45) is 0 Å². The predicted molar refractivity (Wildman–Crippen MR) is 92.8 cm³/mol. The molecule has 2 aromatic heterocycles. The van der Waals surface area contributed by atoms with Crippen molar-refractivity contribution in [3.05, 3.63) is 46.1 Å². The molecule has 25 heavy (non-hydrogen) atoms. The van der Waals surface area contributed by atoms with Crippen LogP contribution in [0.15, 0.2) is 29.3 Å². The zero-order valence-electron chi connectivity index (χ0n) is 14.3. The molecule has 0 spiro atoms. The highest BCUT2D eigenvalue weighted by Crippen LogP contribution is 2.13. The van der Waals surface area contributed by atoms with E-state index in [1.54, 1.807) is 32.4 Å². The minimum absolute atomic E-state index is 0.136. The van der Waals surface area contributed by atoms with E-state index in [-0.39, 0.29) is 43.2 Å². The lowest BCUT2D eigenvalue weighted by Gasteiger charge is -2.08. The Morgan fingerprint density at radius 2 is 2.04 bits per heavy atom. The molecule has 0 aromatic carbocycles. The molecule has 0 fully saturated rings. The number of aromatic nitrogens is 3. The van der Waals surface area contributed by atoms with Crippen molar-refractivity contribution in [3.63, 3.8) is 0 Å². The number of aryl methyl sites for hydroxylation is 1. The molecule has 0 bridgehead atoms. The molecule has 0 atom stereocenters. The van der Waals surface area contributed by atoms with Gasteiger partial charge in [0.15, 0.2) is 0 Å². The van der Waals surface area contributed by atoms with Crippen LogP contribution < -0.4 is 16.2 Å². The van der Waals surface area contributed by atoms with Gasteiger partial charge in [0.25, 0.3) is 5.56 Å². The second-order valence-corrected chi connectivity index (χ2v) is 5.49. The van der Waals surface area contributed by atoms with Gasteiger partial charge in [-0.15, -0.1) is 0 Å². The number of H-pyrrole nitrogens is 1. The molecule has 3 N–H and O–H groups in total. The maximum absolute atomic E-state index is 12.3. The Labute approximate surface area is 145 Å². The zero-order valence-corrected chi connectivity index (χ0v) is 14.3. The van der Waals surface area contributed by atoms with Gasteiger partial charge in [-0.05, 0) is 25.5 Å². The van der Waals surface area contributed by atoms with Gasteiger partial charge in [0.2, 0.25) is 11.8 Å². The minimum atomic E-state index is -0.260. The summed E-state index contributed by atoms with van der Waals surface area (Å²) in [7, 11) is 1.54. The first-order valence-electron chi connectivity index (χ1n) is 7.98. The number of nitrogens with one attached hydrogen (secondary N) is 3. The Hall–Kier alpha value is -3.03. The van der Waals surface area contributed by atoms with E-state index >= 15 is 0 Å². The molecule has 0 saturated carbocycles. The molecular formula is C17H21N5O3. The van der Waals surface area contributed by atoms with E-state index in [0.717, 1.165) is 5.56 Å². The fraction of sp³-hybridized carbons (Fsp3) is 0.353. The van der Waals surface area contributed by atoms with Crippen LogP contribution in [0.25, 0.3) is 11.4 Å². The van der Waals surface area contributed by atoms with Gasteiger partial charge in [0.05, 0.1) is 0 Å². The summed E-state index contributed by atoms with van der Waals surface area (Å²) in [6.45, 7) is 2.01. The van der Waals surface area contributed by atoms with Crippen molar-refractivity contribution in [2.45, 2.75) is 26.2 Å². The lowest BCUT2D eigenvalue weighted by Crippen LogP contribution is -2.30. The topological polar surface area (TPSA) is 117 Å². The predicted octanol–water partition coefficient (Wildman–Crippen LogP) is 0.325. The standard InChI is InChI=1S/C17H21N5O3/c1-11-13(5-6-15(24)20-9-7-14(23)18-2)17(25)22-16(21-11)12-4-3-8-19-10-12/h3-4,8,10H,5-7,9H2,1-2H3,(H,18,23)(H,20,24)(H,21,22,25). The zero-order chi connectivity index (χ0) is 18.2. The number of carbonyl (C=O) groups is 2. The quantitative estimate of drug-likeness (QED) is 0.669. The van der Waals surface area contributed by atoms with Crippen LogP contribution >= 0.6 is 0 Å². The van der Waals surface area contributed by atoms with Gasteiger partial charge in [-0.3, -0.25) is 19.4 Å². The fourth-order valence-corrected chi connectivity index (χ4v) is 2.31. The molecule has 0 radical (unpaired) electrons. The molecule has 0 aliphatic rings. The van der Waals surface area contributed by atoms with Crippen molar-refractivity contribution in [1.82, 2.24) is 25.6 Å². The van der Waals surface area contributed by atoms with Crippen LogP contribution in [-0.2, 0) is 16.0 Å². The summed E-state index contributed by atoms with van der Waals surface area (Å²) in [6.07, 6.45) is 3.94. The third-order valence-corrected chi connectivity index (χ3v) is 3.71. The van der Waals surface area contributed by atoms with E-state index < -0.39 is 0 Å². The number of pyridine rings is 1. The first kappa shape index (κ1) is 18.3. The minimum Gasteiger partial charge on any atom is -0.359 e. The molecular weight excluding hydrogens is 322 g/mol. The van der Waals surface area contributed by atoms with Gasteiger partial charge in [0.1, 0.15) is 5.82 Å². The Balaban J connectivity index is 1.98. The molecule has 0 aliphatic heterocycles. The number of amides is 2. The highest BCUT2D eigenvalue weighted by molar-refractivity contribution is 5.78. The van der Waals surface area contributed by atoms with E-state index in [0.29, 0.717) is 17.1 Å². The van der Waals surface area contributed by atoms with Gasteiger partial charge in [-0.2, -0.15) is 0 Å². The van der Waals surface area contributed by atoms with E-state index in [2.05, 4.69) is 25.6 Å². The largest absolute Gasteiger partial charge is 0.359 e. The van der Waals surface area contributed by atoms with Crippen LogP contribution in [0.2, 0.25) is 0 Å². The highest BCUT2D eigenvalue weighted by atomic mass is 16.2. The molecule has 2 aromatic rings. The molecule has 8 nitrogen and oxygen atoms in total. The van der Waals surface area contributed by atoms with Crippen molar-refractivity contribution in [3.8, 4) is 11.4 Å². The summed E-state index contributed by atoms with van der Waals surface area (Å²) >= 11 is 0. The number of nitrogens with zero attached hydrogens (tertiary/aromatic N) is 2. The Morgan fingerprint density at radius 3 is 2.68 bits per heavy atom. The summed E-state index contributed by atoms with van der Waals surface area (Å²) in [5.41, 5.74) is 1.53. The SMILES string of the molecule is CNC(=O)CCNC(=O)CCc1c(C)nc(-c2cccnc2)[nH]c1=O. The highest BCUT2D eigenvalue weighted by Gasteiger charge is 2.12. The first-order chi connectivity index (χ1) is 12.0. The second kappa shape index (κ2) is 8.72. The Bertz CT molecular complexity index is 802. The maximum Gasteiger partial charge on any atom is 0.254 e. The van der Waals surface area contributed by atoms with Gasteiger partial charge in [-0.25, -0.2) is 4.98 Å². The van der Waals surface area contributed by atoms with Crippen LogP contribution in [0.4, 0.5) is 0 Å². The maximum atomic E-state index is 12.3. The molecule has 2 rings (SSSR count). The Kier molecular flexibility index (Phi) is 6.39. The summed E-state index contributed by atoms with van der Waals surface area (Å²) in [5.74, 6) is 0.108. The van der Waals surface area contributed by atoms with Crippen molar-refractivity contribution < 1.29 is 9.59 Å². The van der Waals surface area contributed by atoms with Gasteiger partial charge >= 0.3 is 0 Å².